The lowest BCUT2D eigenvalue weighted by Gasteiger charge is -2.22. The van der Waals surface area contributed by atoms with Gasteiger partial charge in [0, 0.05) is 29.3 Å². The number of aromatic nitrogens is 1. The Bertz CT molecular complexity index is 996. The van der Waals surface area contributed by atoms with Gasteiger partial charge in [0.2, 0.25) is 5.91 Å². The number of ether oxygens (including phenoxy) is 1. The number of halogens is 1. The number of hydrogen-bond donors (Lipinski definition) is 0. The molecule has 0 N–H and O–H groups in total. The van der Waals surface area contributed by atoms with E-state index >= 15 is 0 Å². The van der Waals surface area contributed by atoms with Gasteiger partial charge in [0.1, 0.15) is 5.75 Å². The smallest absolute Gasteiger partial charge is 0.228 e. The molecular weight excluding hydrogens is 482 g/mol. The van der Waals surface area contributed by atoms with Gasteiger partial charge in [-0.2, -0.15) is 0 Å². The number of thioether (sulfide) groups is 2. The minimum Gasteiger partial charge on any atom is -0.497 e. The van der Waals surface area contributed by atoms with Crippen molar-refractivity contribution in [3.8, 4) is 5.75 Å². The van der Waals surface area contributed by atoms with E-state index in [1.807, 2.05) is 31.1 Å². The average molecular weight is 512 g/mol. The Kier molecular flexibility index (Phi) is 11.1. The minimum atomic E-state index is 0. The van der Waals surface area contributed by atoms with Crippen molar-refractivity contribution >= 4 is 68.5 Å². The van der Waals surface area contributed by atoms with Gasteiger partial charge in [-0.25, -0.2) is 4.98 Å². The summed E-state index contributed by atoms with van der Waals surface area (Å²) in [6, 6.07) is 14.3. The third-order valence-electron chi connectivity index (χ3n) is 4.76. The number of nitrogens with zero attached hydrogens (tertiary/aromatic N) is 3. The number of anilines is 1. The van der Waals surface area contributed by atoms with E-state index in [1.165, 1.54) is 4.90 Å². The van der Waals surface area contributed by atoms with Crippen LogP contribution in [0.25, 0.3) is 10.2 Å². The fourth-order valence-corrected chi connectivity index (χ4v) is 5.56. The van der Waals surface area contributed by atoms with Crippen LogP contribution in [0.1, 0.15) is 12.8 Å². The van der Waals surface area contributed by atoms with Crippen molar-refractivity contribution in [2.45, 2.75) is 22.6 Å². The van der Waals surface area contributed by atoms with Gasteiger partial charge < -0.3 is 9.64 Å². The number of carbonyl (C=O) groups excluding carboxylic acids is 1. The van der Waals surface area contributed by atoms with Crippen molar-refractivity contribution in [1.29, 1.82) is 0 Å². The number of rotatable bonds is 11. The van der Waals surface area contributed by atoms with Crippen molar-refractivity contribution in [1.82, 2.24) is 9.88 Å². The van der Waals surface area contributed by atoms with E-state index in [4.69, 9.17) is 9.72 Å². The van der Waals surface area contributed by atoms with Crippen molar-refractivity contribution in [3.63, 3.8) is 0 Å². The molecule has 2 aromatic carbocycles. The molecule has 1 aromatic heterocycles. The zero-order valence-electron chi connectivity index (χ0n) is 18.9. The van der Waals surface area contributed by atoms with Crippen LogP contribution in [0.15, 0.2) is 52.3 Å². The van der Waals surface area contributed by atoms with E-state index in [0.717, 1.165) is 44.7 Å². The largest absolute Gasteiger partial charge is 0.497 e. The molecule has 9 heteroatoms. The number of para-hydroxylation sites is 1. The van der Waals surface area contributed by atoms with E-state index in [9.17, 15) is 4.79 Å². The molecular formula is C23H30ClN3O2S3. The Morgan fingerprint density at radius 2 is 1.88 bits per heavy atom. The summed E-state index contributed by atoms with van der Waals surface area (Å²) in [6.45, 7) is 1.45. The van der Waals surface area contributed by atoms with Crippen molar-refractivity contribution < 1.29 is 9.53 Å². The SMILES string of the molecule is COc1ccc(SCCCC(=O)N(CCN(C)C)c2nc3c(SC)cccc3s2)cc1.Cl. The summed E-state index contributed by atoms with van der Waals surface area (Å²) < 4.78 is 6.33. The number of fused-ring (bicyclic) bond motifs is 1. The van der Waals surface area contributed by atoms with Gasteiger partial charge in [0.25, 0.3) is 0 Å². The number of hydrogen-bond acceptors (Lipinski definition) is 7. The third kappa shape index (κ3) is 7.28. The predicted octanol–water partition coefficient (Wildman–Crippen LogP) is 5.92. The summed E-state index contributed by atoms with van der Waals surface area (Å²) in [5.74, 6) is 1.90. The van der Waals surface area contributed by atoms with Gasteiger partial charge in [-0.15, -0.1) is 35.9 Å². The maximum absolute atomic E-state index is 13.1. The first kappa shape index (κ1) is 26.8. The van der Waals surface area contributed by atoms with Crippen LogP contribution < -0.4 is 9.64 Å². The first-order chi connectivity index (χ1) is 15.0. The molecule has 0 spiro atoms. The second-order valence-corrected chi connectivity index (χ2v) is 10.3. The van der Waals surface area contributed by atoms with Crippen LogP contribution in [-0.2, 0) is 4.79 Å². The van der Waals surface area contributed by atoms with Gasteiger partial charge in [-0.1, -0.05) is 17.4 Å². The molecule has 0 aliphatic heterocycles. The second kappa shape index (κ2) is 13.3. The molecule has 0 aliphatic rings. The summed E-state index contributed by atoms with van der Waals surface area (Å²) in [6.07, 6.45) is 3.40. The van der Waals surface area contributed by atoms with Gasteiger partial charge in [0.15, 0.2) is 5.13 Å². The van der Waals surface area contributed by atoms with Crippen LogP contribution in [-0.4, -0.2) is 62.1 Å². The fourth-order valence-electron chi connectivity index (χ4n) is 3.04. The van der Waals surface area contributed by atoms with Crippen LogP contribution in [0.2, 0.25) is 0 Å². The first-order valence-electron chi connectivity index (χ1n) is 10.2. The van der Waals surface area contributed by atoms with Crippen LogP contribution in [0.5, 0.6) is 5.75 Å². The molecule has 3 aromatic rings. The van der Waals surface area contributed by atoms with Crippen LogP contribution in [0.3, 0.4) is 0 Å². The Hall–Kier alpha value is -1.45. The monoisotopic (exact) mass is 511 g/mol. The van der Waals surface area contributed by atoms with Gasteiger partial charge >= 0.3 is 0 Å². The molecule has 1 amide bonds. The van der Waals surface area contributed by atoms with Crippen LogP contribution >= 0.6 is 47.3 Å². The van der Waals surface area contributed by atoms with Crippen LogP contribution in [0, 0.1) is 0 Å². The van der Waals surface area contributed by atoms with Gasteiger partial charge in [0.05, 0.1) is 17.3 Å². The Balaban J connectivity index is 0.00000363. The summed E-state index contributed by atoms with van der Waals surface area (Å²) in [4.78, 5) is 24.3. The van der Waals surface area contributed by atoms with Gasteiger partial charge in [-0.3, -0.25) is 9.69 Å². The highest BCUT2D eigenvalue weighted by atomic mass is 35.5. The normalized spacial score (nSPS) is 10.9. The minimum absolute atomic E-state index is 0. The molecule has 0 radical (unpaired) electrons. The molecule has 0 fully saturated rings. The maximum atomic E-state index is 13.1. The van der Waals surface area contributed by atoms with E-state index in [-0.39, 0.29) is 18.3 Å². The quantitative estimate of drug-likeness (QED) is 0.235. The number of benzene rings is 2. The lowest BCUT2D eigenvalue weighted by molar-refractivity contribution is -0.118. The second-order valence-electron chi connectivity index (χ2n) is 7.28. The zero-order valence-corrected chi connectivity index (χ0v) is 22.1. The van der Waals surface area contributed by atoms with E-state index < -0.39 is 0 Å². The molecule has 0 aliphatic carbocycles. The maximum Gasteiger partial charge on any atom is 0.228 e. The fraction of sp³-hybridized carbons (Fsp3) is 0.391. The number of likely N-dealkylation sites (N-methyl/N-ethyl adjacent to an activating group) is 1. The number of methoxy groups -OCH3 is 1. The molecule has 1 heterocycles. The summed E-state index contributed by atoms with van der Waals surface area (Å²) >= 11 is 5.05. The molecule has 0 saturated heterocycles. The van der Waals surface area contributed by atoms with E-state index in [1.54, 1.807) is 42.0 Å². The van der Waals surface area contributed by atoms with E-state index in [2.05, 4.69) is 41.5 Å². The molecule has 3 rings (SSSR count). The molecule has 0 unspecified atom stereocenters. The highest BCUT2D eigenvalue weighted by Crippen LogP contribution is 2.34. The number of carbonyl (C=O) groups is 1. The molecule has 174 valence electrons. The summed E-state index contributed by atoms with van der Waals surface area (Å²) in [5.41, 5.74) is 0.993. The average Bonchev–Trinajstić information content (AvgIpc) is 3.21. The third-order valence-corrected chi connectivity index (χ3v) is 7.67. The topological polar surface area (TPSA) is 45.7 Å². The van der Waals surface area contributed by atoms with E-state index in [0.29, 0.717) is 13.0 Å². The van der Waals surface area contributed by atoms with Crippen molar-refractivity contribution in [2.75, 3.05) is 51.2 Å². The summed E-state index contributed by atoms with van der Waals surface area (Å²) in [5, 5.41) is 0.797. The lowest BCUT2D eigenvalue weighted by atomic mass is 10.3. The highest BCUT2D eigenvalue weighted by Gasteiger charge is 2.20. The first-order valence-corrected chi connectivity index (χ1v) is 13.2. The van der Waals surface area contributed by atoms with Crippen LogP contribution in [0.4, 0.5) is 5.13 Å². The summed E-state index contributed by atoms with van der Waals surface area (Å²) in [7, 11) is 5.72. The predicted molar refractivity (Wildman–Crippen MR) is 143 cm³/mol. The standard InChI is InChI=1S/C23H29N3O2S3.ClH/c1-25(2)14-15-26(23-24-22-19(29-4)7-5-8-20(22)31-23)21(27)9-6-16-30-18-12-10-17(28-3)11-13-18;/h5,7-8,10-13H,6,9,14-16H2,1-4H3;1H. The molecule has 0 bridgehead atoms. The van der Waals surface area contributed by atoms with Crippen molar-refractivity contribution in [3.05, 3.63) is 42.5 Å². The Labute approximate surface area is 209 Å². The Morgan fingerprint density at radius 1 is 1.12 bits per heavy atom. The molecule has 0 saturated carbocycles. The van der Waals surface area contributed by atoms with Gasteiger partial charge in [-0.05, 0) is 68.9 Å². The zero-order chi connectivity index (χ0) is 22.2. The molecule has 0 atom stereocenters. The lowest BCUT2D eigenvalue weighted by Crippen LogP contribution is -2.36. The highest BCUT2D eigenvalue weighted by molar-refractivity contribution is 7.99. The molecule has 5 nitrogen and oxygen atoms in total. The van der Waals surface area contributed by atoms with Crippen molar-refractivity contribution in [2.24, 2.45) is 0 Å². The molecule has 32 heavy (non-hydrogen) atoms. The number of amides is 1. The Morgan fingerprint density at radius 3 is 2.53 bits per heavy atom. The number of thiazole rings is 1.